The van der Waals surface area contributed by atoms with Gasteiger partial charge in [0.25, 0.3) is 0 Å². The van der Waals surface area contributed by atoms with Gasteiger partial charge < -0.3 is 31.0 Å². The third-order valence-electron chi connectivity index (χ3n) is 9.42. The molecule has 15 heteroatoms. The maximum atomic E-state index is 12.3. The van der Waals surface area contributed by atoms with E-state index < -0.39 is 56.0 Å². The van der Waals surface area contributed by atoms with E-state index in [1.54, 1.807) is 12.1 Å². The number of carbonyl (C=O) groups excluding carboxylic acids is 2. The first-order valence-corrected chi connectivity index (χ1v) is 41.4. The number of benzene rings is 2. The zero-order valence-electron chi connectivity index (χ0n) is 43.0. The van der Waals surface area contributed by atoms with E-state index >= 15 is 0 Å². The Labute approximate surface area is 385 Å². The molecule has 1 atom stereocenters. The third-order valence-corrected chi connectivity index (χ3v) is 29.1. The highest BCUT2D eigenvalue weighted by molar-refractivity contribution is 6.88. The number of ether oxygens (including phenoxy) is 2. The van der Waals surface area contributed by atoms with Crippen LogP contribution in [0.3, 0.4) is 0 Å². The molecule has 1 N–H and O–H groups in total. The number of ketones is 2. The summed E-state index contributed by atoms with van der Waals surface area (Å²) >= 11 is 0. The van der Waals surface area contributed by atoms with E-state index in [1.165, 1.54) is 19.4 Å². The first kappa shape index (κ1) is 58.8. The zero-order chi connectivity index (χ0) is 48.0. The Morgan fingerprint density at radius 2 is 0.887 bits per heavy atom. The van der Waals surface area contributed by atoms with Crippen LogP contribution in [0.15, 0.2) is 48.5 Å². The van der Waals surface area contributed by atoms with E-state index in [1.807, 2.05) is 45.0 Å². The highest BCUT2D eigenvalue weighted by Gasteiger charge is 2.45. The minimum absolute atomic E-state index is 0.189. The zero-order valence-corrected chi connectivity index (χ0v) is 49.0. The minimum Gasteiger partial charge on any atom is -0.437 e. The molecule has 0 radical (unpaired) electrons. The lowest BCUT2D eigenvalue weighted by atomic mass is 9.86. The van der Waals surface area contributed by atoms with Gasteiger partial charge in [-0.25, -0.2) is 0 Å². The minimum atomic E-state index is -2.33. The van der Waals surface area contributed by atoms with Crippen molar-refractivity contribution in [2.24, 2.45) is 5.41 Å². The maximum absolute atomic E-state index is 12.3. The Bertz CT molecular complexity index is 1600. The molecule has 0 bridgehead atoms. The average Bonchev–Trinajstić information content (AvgIpc) is 3.07. The molecule has 1 unspecified atom stereocenters. The lowest BCUT2D eigenvalue weighted by Crippen LogP contribution is -2.55. The molecule has 9 nitrogen and oxygen atoms in total. The second kappa shape index (κ2) is 24.5. The van der Waals surface area contributed by atoms with Crippen LogP contribution in [0.4, 0.5) is 0 Å². The van der Waals surface area contributed by atoms with Crippen LogP contribution in [0.25, 0.3) is 0 Å². The number of hydrogen-bond acceptors (Lipinski definition) is 9. The van der Waals surface area contributed by atoms with Crippen LogP contribution < -0.4 is 0 Å². The standard InChI is InChI=1S/C24H46O4Si3.C23H44O5Si3/c1-24(2,3)23(25)22-16-14-21(15-17-22)13-11-18-26-19-12-20-31(10,27-29(4,5)6)28-30(7,8)9;1-19(31(10,27-29(4,5)6)28-30(7,8)9)18-26-17-11-12-20-13-15-21(16-14-20)22(24)23(2,3)25/h14-17H,11-13,18-20H2,1-10H3;13-16,19,25H,11-12,17-18H2,1-10H3. The van der Waals surface area contributed by atoms with Gasteiger partial charge in [-0.2, -0.15) is 0 Å². The number of aryl methyl sites for hydroxylation is 2. The van der Waals surface area contributed by atoms with Gasteiger partial charge in [-0.1, -0.05) is 76.2 Å². The molecule has 0 fully saturated rings. The van der Waals surface area contributed by atoms with E-state index in [2.05, 4.69) is 111 Å². The molecule has 2 rings (SSSR count). The molecule has 0 saturated carbocycles. The fourth-order valence-electron chi connectivity index (χ4n) is 7.05. The van der Waals surface area contributed by atoms with Crippen LogP contribution in [0, 0.1) is 5.41 Å². The first-order valence-electron chi connectivity index (χ1n) is 22.9. The predicted octanol–water partition coefficient (Wildman–Crippen LogP) is 12.8. The summed E-state index contributed by atoms with van der Waals surface area (Å²) in [4.78, 5) is 24.4. The van der Waals surface area contributed by atoms with Crippen molar-refractivity contribution in [2.45, 2.75) is 182 Å². The third kappa shape index (κ3) is 25.5. The Kier molecular flexibility index (Phi) is 23.3. The van der Waals surface area contributed by atoms with Crippen LogP contribution in [0.2, 0.25) is 103 Å². The van der Waals surface area contributed by atoms with Crippen molar-refractivity contribution in [3.63, 3.8) is 0 Å². The number of rotatable bonds is 26. The van der Waals surface area contributed by atoms with Gasteiger partial charge in [0.1, 0.15) is 5.60 Å². The van der Waals surface area contributed by atoms with Crippen LogP contribution in [0.5, 0.6) is 0 Å². The number of hydrogen-bond donors (Lipinski definition) is 1. The van der Waals surface area contributed by atoms with Gasteiger partial charge >= 0.3 is 17.1 Å². The smallest absolute Gasteiger partial charge is 0.319 e. The first-order chi connectivity index (χ1) is 27.9. The van der Waals surface area contributed by atoms with E-state index in [0.717, 1.165) is 62.5 Å². The Hall–Kier alpha value is -1.20. The SMILES string of the molecule is CC(C)(C)C(=O)c1ccc(CCCOCCC[Si](C)(O[Si](C)(C)C)O[Si](C)(C)C)cc1.CC(COCCCc1ccc(C(=O)C(C)(C)O)cc1)[Si](C)(O[Si](C)(C)C)O[Si](C)(C)C. The van der Waals surface area contributed by atoms with Crippen molar-refractivity contribution in [2.75, 3.05) is 26.4 Å². The van der Waals surface area contributed by atoms with Gasteiger partial charge in [-0.15, -0.1) is 0 Å². The molecule has 356 valence electrons. The van der Waals surface area contributed by atoms with Crippen LogP contribution >= 0.6 is 0 Å². The van der Waals surface area contributed by atoms with E-state index in [4.69, 9.17) is 25.9 Å². The summed E-state index contributed by atoms with van der Waals surface area (Å²) in [5.41, 5.74) is 2.32. The van der Waals surface area contributed by atoms with Gasteiger partial charge in [0.2, 0.25) is 0 Å². The molecular weight excluding hydrogens is 877 g/mol. The number of aliphatic hydroxyl groups is 1. The highest BCUT2D eigenvalue weighted by Crippen LogP contribution is 2.31. The Morgan fingerprint density at radius 1 is 0.532 bits per heavy atom. The fourth-order valence-corrected chi connectivity index (χ4v) is 31.9. The normalized spacial score (nSPS) is 14.0. The summed E-state index contributed by atoms with van der Waals surface area (Å²) in [5.74, 6) is -0.0705. The van der Waals surface area contributed by atoms with Gasteiger partial charge in [0.15, 0.2) is 44.8 Å². The molecular formula is C47H90O9Si6. The molecule has 0 saturated heterocycles. The van der Waals surface area contributed by atoms with Gasteiger partial charge in [0.05, 0.1) is 6.61 Å². The topological polar surface area (TPSA) is 110 Å². The maximum Gasteiger partial charge on any atom is 0.319 e. The van der Waals surface area contributed by atoms with E-state index in [9.17, 15) is 14.7 Å². The Balaban J connectivity index is 0.000000620. The second-order valence-electron chi connectivity index (χ2n) is 22.8. The summed E-state index contributed by atoms with van der Waals surface area (Å²) in [7, 11) is -11.2. The molecule has 0 heterocycles. The predicted molar refractivity (Wildman–Crippen MR) is 275 cm³/mol. The van der Waals surface area contributed by atoms with Crippen molar-refractivity contribution in [3.8, 4) is 0 Å². The van der Waals surface area contributed by atoms with Crippen molar-refractivity contribution in [3.05, 3.63) is 70.8 Å². The van der Waals surface area contributed by atoms with Crippen molar-refractivity contribution < 1.29 is 40.6 Å². The molecule has 0 aliphatic rings. The number of carbonyl (C=O) groups is 2. The monoisotopic (exact) mass is 967 g/mol. The summed E-state index contributed by atoms with van der Waals surface area (Å²) < 4.78 is 38.2. The highest BCUT2D eigenvalue weighted by atomic mass is 28.5. The largest absolute Gasteiger partial charge is 0.437 e. The quantitative estimate of drug-likeness (QED) is 0.0560. The van der Waals surface area contributed by atoms with Crippen LogP contribution in [-0.4, -0.2) is 99.1 Å². The molecule has 0 aliphatic carbocycles. The molecule has 62 heavy (non-hydrogen) atoms. The lowest BCUT2D eigenvalue weighted by Gasteiger charge is -2.41. The average molecular weight is 968 g/mol. The summed E-state index contributed by atoms with van der Waals surface area (Å²) in [6.07, 6.45) is 4.73. The Morgan fingerprint density at radius 3 is 1.24 bits per heavy atom. The molecule has 2 aromatic carbocycles. The lowest BCUT2D eigenvalue weighted by molar-refractivity contribution is 0.0488. The fraction of sp³-hybridized carbons (Fsp3) is 0.702. The van der Waals surface area contributed by atoms with Gasteiger partial charge in [-0.3, -0.25) is 9.59 Å². The van der Waals surface area contributed by atoms with Crippen LogP contribution in [-0.2, 0) is 38.8 Å². The second-order valence-corrected chi connectivity index (χ2v) is 48.7. The van der Waals surface area contributed by atoms with Gasteiger partial charge in [0, 0.05) is 41.9 Å². The van der Waals surface area contributed by atoms with Crippen molar-refractivity contribution in [1.29, 1.82) is 0 Å². The summed E-state index contributed by atoms with van der Waals surface area (Å²) in [5, 5.41) is 9.86. The van der Waals surface area contributed by atoms with E-state index in [-0.39, 0.29) is 22.5 Å². The molecule has 0 amide bonds. The summed E-state index contributed by atoms with van der Waals surface area (Å²) in [6, 6.07) is 16.5. The van der Waals surface area contributed by atoms with Gasteiger partial charge in [-0.05, 0) is 155 Å². The molecule has 0 aromatic heterocycles. The van der Waals surface area contributed by atoms with Crippen molar-refractivity contribution in [1.82, 2.24) is 0 Å². The molecule has 2 aromatic rings. The van der Waals surface area contributed by atoms with Crippen LogP contribution in [0.1, 0.15) is 92.6 Å². The van der Waals surface area contributed by atoms with E-state index in [0.29, 0.717) is 18.8 Å². The molecule has 0 spiro atoms. The molecule has 0 aliphatic heterocycles. The number of Topliss-reactive ketones (excluding diaryl/α,β-unsaturated/α-hetero) is 2. The summed E-state index contributed by atoms with van der Waals surface area (Å²) in [6.45, 7) is 45.2. The van der Waals surface area contributed by atoms with Crippen molar-refractivity contribution >= 4 is 62.0 Å².